The predicted octanol–water partition coefficient (Wildman–Crippen LogP) is 4.45. The van der Waals surface area contributed by atoms with Gasteiger partial charge in [-0.25, -0.2) is 0 Å². The van der Waals surface area contributed by atoms with Crippen molar-refractivity contribution in [1.29, 1.82) is 0 Å². The number of alkyl halides is 3. The van der Waals surface area contributed by atoms with E-state index >= 15 is 0 Å². The van der Waals surface area contributed by atoms with Gasteiger partial charge in [-0.05, 0) is 18.4 Å². The molecule has 0 unspecified atom stereocenters. The third kappa shape index (κ3) is 3.62. The van der Waals surface area contributed by atoms with E-state index in [4.69, 9.17) is 0 Å². The summed E-state index contributed by atoms with van der Waals surface area (Å²) in [5.74, 6) is 0. The highest BCUT2D eigenvalue weighted by atomic mass is 32.2. The van der Waals surface area contributed by atoms with Gasteiger partial charge in [-0.15, -0.1) is 11.8 Å². The summed E-state index contributed by atoms with van der Waals surface area (Å²) in [6, 6.07) is 5.54. The second-order valence-electron chi connectivity index (χ2n) is 2.20. The average Bonchev–Trinajstić information content (AvgIpc) is 2.19. The molecule has 0 fully saturated rings. The van der Waals surface area contributed by atoms with Crippen molar-refractivity contribution in [3.8, 4) is 0 Å². The standard InChI is InChI=1S/C8H7F3S.C2H6/c1-12-7-5-3-2-4-6(7)8(9,10)11;1-2/h2-5H,1H3;1-2H3. The van der Waals surface area contributed by atoms with Gasteiger partial charge in [-0.2, -0.15) is 13.2 Å². The molecule has 0 aromatic heterocycles. The lowest BCUT2D eigenvalue weighted by Gasteiger charge is -2.09. The molecular formula is C10H13F3S. The van der Waals surface area contributed by atoms with Gasteiger partial charge in [-0.1, -0.05) is 26.0 Å². The van der Waals surface area contributed by atoms with Crippen LogP contribution < -0.4 is 0 Å². The zero-order valence-electron chi connectivity index (χ0n) is 8.35. The molecule has 1 aromatic rings. The second-order valence-corrected chi connectivity index (χ2v) is 3.05. The summed E-state index contributed by atoms with van der Waals surface area (Å²) in [6.07, 6.45) is -2.61. The molecule has 0 amide bonds. The van der Waals surface area contributed by atoms with Crippen molar-refractivity contribution in [3.63, 3.8) is 0 Å². The van der Waals surface area contributed by atoms with Crippen LogP contribution in [0.2, 0.25) is 0 Å². The van der Waals surface area contributed by atoms with Gasteiger partial charge in [0.15, 0.2) is 0 Å². The molecule has 0 saturated heterocycles. The first-order valence-corrected chi connectivity index (χ1v) is 5.48. The largest absolute Gasteiger partial charge is 0.417 e. The number of thioether (sulfide) groups is 1. The number of rotatable bonds is 1. The molecule has 0 bridgehead atoms. The first kappa shape index (κ1) is 13.4. The van der Waals surface area contributed by atoms with E-state index in [1.807, 2.05) is 13.8 Å². The Morgan fingerprint density at radius 1 is 1.07 bits per heavy atom. The maximum Gasteiger partial charge on any atom is 0.417 e. The van der Waals surface area contributed by atoms with E-state index in [1.165, 1.54) is 12.1 Å². The van der Waals surface area contributed by atoms with E-state index in [2.05, 4.69) is 0 Å². The van der Waals surface area contributed by atoms with E-state index in [0.29, 0.717) is 0 Å². The van der Waals surface area contributed by atoms with E-state index < -0.39 is 11.7 Å². The number of hydrogen-bond donors (Lipinski definition) is 0. The van der Waals surface area contributed by atoms with Gasteiger partial charge >= 0.3 is 6.18 Å². The maximum absolute atomic E-state index is 12.2. The monoisotopic (exact) mass is 222 g/mol. The molecule has 0 heterocycles. The van der Waals surface area contributed by atoms with Gasteiger partial charge in [0.05, 0.1) is 5.56 Å². The fraction of sp³-hybridized carbons (Fsp3) is 0.400. The van der Waals surface area contributed by atoms with E-state index in [-0.39, 0.29) is 4.90 Å². The molecule has 0 nitrogen and oxygen atoms in total. The number of halogens is 3. The molecular weight excluding hydrogens is 209 g/mol. The topological polar surface area (TPSA) is 0 Å². The van der Waals surface area contributed by atoms with Gasteiger partial charge in [0, 0.05) is 4.90 Å². The SMILES string of the molecule is CC.CSc1ccccc1C(F)(F)F. The van der Waals surface area contributed by atoms with Crippen molar-refractivity contribution in [1.82, 2.24) is 0 Å². The van der Waals surface area contributed by atoms with Gasteiger partial charge in [0.25, 0.3) is 0 Å². The highest BCUT2D eigenvalue weighted by molar-refractivity contribution is 7.98. The predicted molar refractivity (Wildman–Crippen MR) is 54.6 cm³/mol. The third-order valence-corrected chi connectivity index (χ3v) is 2.21. The van der Waals surface area contributed by atoms with Crippen molar-refractivity contribution in [2.24, 2.45) is 0 Å². The van der Waals surface area contributed by atoms with Crippen LogP contribution in [0.15, 0.2) is 29.2 Å². The van der Waals surface area contributed by atoms with Crippen LogP contribution in [0.25, 0.3) is 0 Å². The summed E-state index contributed by atoms with van der Waals surface area (Å²) < 4.78 is 36.7. The Morgan fingerprint density at radius 2 is 1.57 bits per heavy atom. The van der Waals surface area contributed by atoms with Gasteiger partial charge < -0.3 is 0 Å². The fourth-order valence-corrected chi connectivity index (χ4v) is 1.50. The third-order valence-electron chi connectivity index (χ3n) is 1.41. The summed E-state index contributed by atoms with van der Waals surface area (Å²) in [6.45, 7) is 4.00. The highest BCUT2D eigenvalue weighted by Gasteiger charge is 2.32. The summed E-state index contributed by atoms with van der Waals surface area (Å²) >= 11 is 1.10. The van der Waals surface area contributed by atoms with E-state index in [9.17, 15) is 13.2 Å². The summed E-state index contributed by atoms with van der Waals surface area (Å²) in [5, 5.41) is 0. The lowest BCUT2D eigenvalue weighted by atomic mass is 10.2. The van der Waals surface area contributed by atoms with Crippen LogP contribution in [0.1, 0.15) is 19.4 Å². The Bertz CT molecular complexity index is 268. The molecule has 80 valence electrons. The summed E-state index contributed by atoms with van der Waals surface area (Å²) in [7, 11) is 0. The Kier molecular flexibility index (Phi) is 5.69. The van der Waals surface area contributed by atoms with Gasteiger partial charge in [-0.3, -0.25) is 0 Å². The Morgan fingerprint density at radius 3 is 1.93 bits per heavy atom. The lowest BCUT2D eigenvalue weighted by Crippen LogP contribution is -2.05. The van der Waals surface area contributed by atoms with Crippen LogP contribution in [0.5, 0.6) is 0 Å². The summed E-state index contributed by atoms with van der Waals surface area (Å²) in [5.41, 5.74) is -0.558. The minimum atomic E-state index is -4.24. The van der Waals surface area contributed by atoms with Crippen molar-refractivity contribution >= 4 is 11.8 Å². The van der Waals surface area contributed by atoms with Gasteiger partial charge in [0.1, 0.15) is 0 Å². The Hall–Kier alpha value is -0.640. The molecule has 0 aliphatic rings. The summed E-state index contributed by atoms with van der Waals surface area (Å²) in [4.78, 5) is 0.269. The highest BCUT2D eigenvalue weighted by Crippen LogP contribution is 2.35. The molecule has 4 heteroatoms. The molecule has 1 rings (SSSR count). The Balaban J connectivity index is 0.000000791. The van der Waals surface area contributed by atoms with Crippen LogP contribution in [0.3, 0.4) is 0 Å². The number of hydrogen-bond acceptors (Lipinski definition) is 1. The minimum Gasteiger partial charge on any atom is -0.166 e. The van der Waals surface area contributed by atoms with Crippen molar-refractivity contribution < 1.29 is 13.2 Å². The zero-order valence-corrected chi connectivity index (χ0v) is 9.17. The lowest BCUT2D eigenvalue weighted by molar-refractivity contribution is -0.139. The normalized spacial score (nSPS) is 10.4. The second kappa shape index (κ2) is 5.96. The molecule has 14 heavy (non-hydrogen) atoms. The average molecular weight is 222 g/mol. The molecule has 0 aliphatic heterocycles. The Labute approximate surface area is 86.5 Å². The smallest absolute Gasteiger partial charge is 0.166 e. The minimum absolute atomic E-state index is 0.269. The maximum atomic E-state index is 12.2. The molecule has 0 spiro atoms. The fourth-order valence-electron chi connectivity index (χ4n) is 0.879. The number of benzene rings is 1. The van der Waals surface area contributed by atoms with Crippen LogP contribution >= 0.6 is 11.8 Å². The van der Waals surface area contributed by atoms with Crippen molar-refractivity contribution in [2.45, 2.75) is 24.9 Å². The molecule has 0 radical (unpaired) electrons. The van der Waals surface area contributed by atoms with E-state index in [0.717, 1.165) is 17.8 Å². The molecule has 0 saturated carbocycles. The van der Waals surface area contributed by atoms with E-state index in [1.54, 1.807) is 12.3 Å². The molecule has 0 aliphatic carbocycles. The first-order valence-electron chi connectivity index (χ1n) is 4.26. The quantitative estimate of drug-likeness (QED) is 0.632. The van der Waals surface area contributed by atoms with Crippen LogP contribution in [0.4, 0.5) is 13.2 Å². The van der Waals surface area contributed by atoms with Crippen LogP contribution in [0, 0.1) is 0 Å². The zero-order chi connectivity index (χ0) is 11.2. The van der Waals surface area contributed by atoms with Crippen LogP contribution in [-0.2, 0) is 6.18 Å². The van der Waals surface area contributed by atoms with Crippen molar-refractivity contribution in [3.05, 3.63) is 29.8 Å². The van der Waals surface area contributed by atoms with Crippen molar-refractivity contribution in [2.75, 3.05) is 6.26 Å². The molecule has 0 N–H and O–H groups in total. The molecule has 0 atom stereocenters. The van der Waals surface area contributed by atoms with Gasteiger partial charge in [0.2, 0.25) is 0 Å². The van der Waals surface area contributed by atoms with Crippen LogP contribution in [-0.4, -0.2) is 6.26 Å². The molecule has 1 aromatic carbocycles. The first-order chi connectivity index (χ1) is 6.55.